The van der Waals surface area contributed by atoms with Gasteiger partial charge in [-0.1, -0.05) is 0 Å². The molecular formula is C14H28N4O2. The minimum atomic E-state index is -0.0460. The van der Waals surface area contributed by atoms with Gasteiger partial charge < -0.3 is 15.1 Å². The Morgan fingerprint density at radius 3 is 2.10 bits per heavy atom. The van der Waals surface area contributed by atoms with Crippen molar-refractivity contribution in [3.63, 3.8) is 0 Å². The molecular weight excluding hydrogens is 256 g/mol. The molecule has 0 saturated carbocycles. The maximum atomic E-state index is 12.1. The van der Waals surface area contributed by atoms with Crippen LogP contribution in [0.15, 0.2) is 0 Å². The van der Waals surface area contributed by atoms with E-state index in [2.05, 4.69) is 10.2 Å². The summed E-state index contributed by atoms with van der Waals surface area (Å²) >= 11 is 0. The van der Waals surface area contributed by atoms with E-state index in [-0.39, 0.29) is 17.4 Å². The first-order valence-electron chi connectivity index (χ1n) is 7.14. The third kappa shape index (κ3) is 5.88. The quantitative estimate of drug-likeness (QED) is 0.764. The standard InChI is InChI=1S/C14H28N4O2/c1-14(2,3)15-10-12(19)18-8-6-17(7-9-18)11-13(20)16(4)5/h15H,6-11H2,1-5H3. The van der Waals surface area contributed by atoms with Gasteiger partial charge in [-0.25, -0.2) is 0 Å². The minimum absolute atomic E-state index is 0.0460. The Morgan fingerprint density at radius 2 is 1.65 bits per heavy atom. The summed E-state index contributed by atoms with van der Waals surface area (Å²) in [5, 5.41) is 3.21. The van der Waals surface area contributed by atoms with E-state index in [0.29, 0.717) is 26.2 Å². The predicted molar refractivity (Wildman–Crippen MR) is 79.5 cm³/mol. The smallest absolute Gasteiger partial charge is 0.236 e. The number of nitrogens with one attached hydrogen (secondary N) is 1. The number of hydrogen-bond acceptors (Lipinski definition) is 4. The van der Waals surface area contributed by atoms with Crippen molar-refractivity contribution < 1.29 is 9.59 Å². The van der Waals surface area contributed by atoms with Crippen LogP contribution >= 0.6 is 0 Å². The summed E-state index contributed by atoms with van der Waals surface area (Å²) in [6.07, 6.45) is 0. The van der Waals surface area contributed by atoms with Crippen molar-refractivity contribution in [2.75, 3.05) is 53.4 Å². The van der Waals surface area contributed by atoms with Crippen molar-refractivity contribution >= 4 is 11.8 Å². The lowest BCUT2D eigenvalue weighted by atomic mass is 10.1. The van der Waals surface area contributed by atoms with Crippen LogP contribution in [0.1, 0.15) is 20.8 Å². The van der Waals surface area contributed by atoms with Crippen LogP contribution in [0.4, 0.5) is 0 Å². The van der Waals surface area contributed by atoms with E-state index in [4.69, 9.17) is 0 Å². The summed E-state index contributed by atoms with van der Waals surface area (Å²) in [5.74, 6) is 0.248. The third-order valence-corrected chi connectivity index (χ3v) is 3.35. The molecule has 116 valence electrons. The number of rotatable bonds is 4. The number of carbonyl (C=O) groups is 2. The number of nitrogens with zero attached hydrogens (tertiary/aromatic N) is 3. The highest BCUT2D eigenvalue weighted by atomic mass is 16.2. The second-order valence-corrected chi connectivity index (χ2v) is 6.55. The van der Waals surface area contributed by atoms with E-state index in [1.807, 2.05) is 25.7 Å². The van der Waals surface area contributed by atoms with Crippen LogP contribution < -0.4 is 5.32 Å². The Kier molecular flexibility index (Phi) is 5.95. The van der Waals surface area contributed by atoms with Gasteiger partial charge in [0.1, 0.15) is 0 Å². The first-order valence-corrected chi connectivity index (χ1v) is 7.14. The summed E-state index contributed by atoms with van der Waals surface area (Å²) in [6, 6.07) is 0. The van der Waals surface area contributed by atoms with Crippen LogP contribution in [0.5, 0.6) is 0 Å². The maximum Gasteiger partial charge on any atom is 0.236 e. The van der Waals surface area contributed by atoms with E-state index in [9.17, 15) is 9.59 Å². The molecule has 0 radical (unpaired) electrons. The van der Waals surface area contributed by atoms with Crippen molar-refractivity contribution in [3.8, 4) is 0 Å². The molecule has 1 heterocycles. The van der Waals surface area contributed by atoms with Crippen molar-refractivity contribution in [3.05, 3.63) is 0 Å². The summed E-state index contributed by atoms with van der Waals surface area (Å²) in [6.45, 7) is 9.88. The monoisotopic (exact) mass is 284 g/mol. The molecule has 20 heavy (non-hydrogen) atoms. The lowest BCUT2D eigenvalue weighted by Gasteiger charge is -2.35. The highest BCUT2D eigenvalue weighted by Crippen LogP contribution is 2.04. The first kappa shape index (κ1) is 16.9. The Hall–Kier alpha value is -1.14. The van der Waals surface area contributed by atoms with Gasteiger partial charge in [0.05, 0.1) is 13.1 Å². The zero-order chi connectivity index (χ0) is 15.3. The van der Waals surface area contributed by atoms with Crippen LogP contribution in [0.2, 0.25) is 0 Å². The molecule has 0 spiro atoms. The highest BCUT2D eigenvalue weighted by Gasteiger charge is 2.23. The summed E-state index contributed by atoms with van der Waals surface area (Å²) < 4.78 is 0. The molecule has 1 N–H and O–H groups in total. The summed E-state index contributed by atoms with van der Waals surface area (Å²) in [5.41, 5.74) is -0.0460. The van der Waals surface area contributed by atoms with Crippen LogP contribution in [-0.4, -0.2) is 85.4 Å². The Balaban J connectivity index is 2.31. The molecule has 0 aromatic heterocycles. The fourth-order valence-corrected chi connectivity index (χ4v) is 1.94. The maximum absolute atomic E-state index is 12.1. The van der Waals surface area contributed by atoms with E-state index < -0.39 is 0 Å². The molecule has 6 heteroatoms. The molecule has 2 amide bonds. The minimum Gasteiger partial charge on any atom is -0.348 e. The molecule has 6 nitrogen and oxygen atoms in total. The van der Waals surface area contributed by atoms with Gasteiger partial charge in [-0.2, -0.15) is 0 Å². The average Bonchev–Trinajstić information content (AvgIpc) is 2.35. The van der Waals surface area contributed by atoms with E-state index in [1.165, 1.54) is 0 Å². The fraction of sp³-hybridized carbons (Fsp3) is 0.857. The first-order chi connectivity index (χ1) is 9.19. The lowest BCUT2D eigenvalue weighted by Crippen LogP contribution is -2.53. The number of likely N-dealkylation sites (N-methyl/N-ethyl adjacent to an activating group) is 1. The second-order valence-electron chi connectivity index (χ2n) is 6.55. The SMILES string of the molecule is CN(C)C(=O)CN1CCN(C(=O)CNC(C)(C)C)CC1. The molecule has 1 aliphatic rings. The molecule has 0 bridgehead atoms. The molecule has 1 rings (SSSR count). The van der Waals surface area contributed by atoms with Gasteiger partial charge in [-0.15, -0.1) is 0 Å². The number of carbonyl (C=O) groups excluding carboxylic acids is 2. The zero-order valence-corrected chi connectivity index (χ0v) is 13.4. The van der Waals surface area contributed by atoms with Crippen molar-refractivity contribution in [1.82, 2.24) is 20.0 Å². The van der Waals surface area contributed by atoms with Crippen molar-refractivity contribution in [2.45, 2.75) is 26.3 Å². The largest absolute Gasteiger partial charge is 0.348 e. The van der Waals surface area contributed by atoms with Gasteiger partial charge in [0.2, 0.25) is 11.8 Å². The second kappa shape index (κ2) is 7.04. The number of piperazine rings is 1. The third-order valence-electron chi connectivity index (χ3n) is 3.35. The van der Waals surface area contributed by atoms with Crippen LogP contribution in [0, 0.1) is 0 Å². The molecule has 0 atom stereocenters. The van der Waals surface area contributed by atoms with Gasteiger partial charge in [0.15, 0.2) is 0 Å². The fourth-order valence-electron chi connectivity index (χ4n) is 1.94. The number of hydrogen-bond donors (Lipinski definition) is 1. The van der Waals surface area contributed by atoms with Gasteiger partial charge in [-0.05, 0) is 20.8 Å². The van der Waals surface area contributed by atoms with Crippen LogP contribution in [0.3, 0.4) is 0 Å². The van der Waals surface area contributed by atoms with Gasteiger partial charge in [0.25, 0.3) is 0 Å². The van der Waals surface area contributed by atoms with Crippen molar-refractivity contribution in [2.24, 2.45) is 0 Å². The Morgan fingerprint density at radius 1 is 1.10 bits per heavy atom. The normalized spacial score (nSPS) is 17.1. The van der Waals surface area contributed by atoms with E-state index in [0.717, 1.165) is 13.1 Å². The Labute approximate surface area is 122 Å². The molecule has 1 saturated heterocycles. The topological polar surface area (TPSA) is 55.9 Å². The van der Waals surface area contributed by atoms with E-state index in [1.54, 1.807) is 19.0 Å². The molecule has 0 unspecified atom stereocenters. The van der Waals surface area contributed by atoms with Crippen LogP contribution in [0.25, 0.3) is 0 Å². The average molecular weight is 284 g/mol. The summed E-state index contributed by atoms with van der Waals surface area (Å²) in [4.78, 5) is 29.3. The molecule has 1 fully saturated rings. The zero-order valence-electron chi connectivity index (χ0n) is 13.4. The number of amides is 2. The lowest BCUT2D eigenvalue weighted by molar-refractivity contribution is -0.133. The predicted octanol–water partition coefficient (Wildman–Crippen LogP) is -0.393. The van der Waals surface area contributed by atoms with Gasteiger partial charge >= 0.3 is 0 Å². The van der Waals surface area contributed by atoms with Gasteiger partial charge in [0, 0.05) is 45.8 Å². The van der Waals surface area contributed by atoms with E-state index >= 15 is 0 Å². The van der Waals surface area contributed by atoms with Crippen LogP contribution in [-0.2, 0) is 9.59 Å². The highest BCUT2D eigenvalue weighted by molar-refractivity contribution is 5.79. The Bertz CT molecular complexity index is 342. The molecule has 0 aliphatic carbocycles. The van der Waals surface area contributed by atoms with Crippen molar-refractivity contribution in [1.29, 1.82) is 0 Å². The molecule has 0 aromatic rings. The molecule has 0 aromatic carbocycles. The van der Waals surface area contributed by atoms with Gasteiger partial charge in [-0.3, -0.25) is 14.5 Å². The summed E-state index contributed by atoms with van der Waals surface area (Å²) in [7, 11) is 3.53. The molecule has 1 aliphatic heterocycles.